The molecule has 142 valence electrons. The molecule has 0 unspecified atom stereocenters. The van der Waals surface area contributed by atoms with Crippen LogP contribution in [0.2, 0.25) is 0 Å². The first-order chi connectivity index (χ1) is 13.0. The number of amides is 2. The number of piperidine rings is 3. The standard InChI is InChI=1S/C20H23N3O3S/c1-12-18(13-8-10-23(12)11-9-13)22-20(25)16-6-7-17(27-16)26-15-4-2-14(3-5-15)19(21)24/h2-7,12-13,18H,8-11H2,1H3,(H2,21,24)(H,22,25)/t12-,18+/m1/s1. The molecule has 3 fully saturated rings. The van der Waals surface area contributed by atoms with Crippen molar-refractivity contribution >= 4 is 23.2 Å². The number of nitrogens with two attached hydrogens (primary N) is 1. The van der Waals surface area contributed by atoms with E-state index in [2.05, 4.69) is 17.1 Å². The zero-order valence-electron chi connectivity index (χ0n) is 15.2. The predicted octanol–water partition coefficient (Wildman–Crippen LogP) is 2.85. The summed E-state index contributed by atoms with van der Waals surface area (Å²) in [6, 6.07) is 10.8. The smallest absolute Gasteiger partial charge is 0.261 e. The Hall–Kier alpha value is -2.38. The summed E-state index contributed by atoms with van der Waals surface area (Å²) in [5.41, 5.74) is 5.67. The molecule has 4 heterocycles. The summed E-state index contributed by atoms with van der Waals surface area (Å²) in [6.45, 7) is 4.49. The Morgan fingerprint density at radius 3 is 2.48 bits per heavy atom. The van der Waals surface area contributed by atoms with E-state index in [0.717, 1.165) is 25.9 Å². The Labute approximate surface area is 162 Å². The van der Waals surface area contributed by atoms with Crippen molar-refractivity contribution in [2.24, 2.45) is 11.7 Å². The van der Waals surface area contributed by atoms with Crippen molar-refractivity contribution in [3.05, 3.63) is 46.8 Å². The van der Waals surface area contributed by atoms with Gasteiger partial charge in [-0.2, -0.15) is 0 Å². The number of carbonyl (C=O) groups is 2. The lowest BCUT2D eigenvalue weighted by atomic mass is 9.79. The van der Waals surface area contributed by atoms with Crippen LogP contribution in [0.5, 0.6) is 10.8 Å². The van der Waals surface area contributed by atoms with Gasteiger partial charge in [-0.05, 0) is 75.2 Å². The van der Waals surface area contributed by atoms with E-state index in [1.165, 1.54) is 11.3 Å². The van der Waals surface area contributed by atoms with Crippen molar-refractivity contribution in [1.29, 1.82) is 0 Å². The second-order valence-electron chi connectivity index (χ2n) is 7.22. The van der Waals surface area contributed by atoms with Crippen LogP contribution in [0.1, 0.15) is 39.8 Å². The minimum atomic E-state index is -0.474. The molecule has 0 aliphatic carbocycles. The number of nitrogens with one attached hydrogen (secondary N) is 1. The molecular weight excluding hydrogens is 362 g/mol. The van der Waals surface area contributed by atoms with E-state index in [4.69, 9.17) is 10.5 Å². The van der Waals surface area contributed by atoms with Crippen LogP contribution in [0, 0.1) is 5.92 Å². The number of benzene rings is 1. The molecule has 6 nitrogen and oxygen atoms in total. The highest BCUT2D eigenvalue weighted by Gasteiger charge is 2.40. The molecular formula is C20H23N3O3S. The van der Waals surface area contributed by atoms with E-state index >= 15 is 0 Å². The number of thiophene rings is 1. The van der Waals surface area contributed by atoms with Crippen LogP contribution in [-0.2, 0) is 0 Å². The van der Waals surface area contributed by atoms with Crippen molar-refractivity contribution in [2.75, 3.05) is 13.1 Å². The van der Waals surface area contributed by atoms with Crippen LogP contribution in [0.15, 0.2) is 36.4 Å². The average molecular weight is 385 g/mol. The fraction of sp³-hybridized carbons (Fsp3) is 0.400. The average Bonchev–Trinajstić information content (AvgIpc) is 3.14. The van der Waals surface area contributed by atoms with E-state index in [1.54, 1.807) is 36.4 Å². The van der Waals surface area contributed by atoms with Gasteiger partial charge in [0.2, 0.25) is 5.91 Å². The number of primary amides is 1. The SMILES string of the molecule is C[C@@H]1[C@H](NC(=O)c2ccc(Oc3ccc(C(N)=O)cc3)s2)C2CCN1CC2. The normalized spacial score (nSPS) is 26.6. The first-order valence-corrected chi connectivity index (χ1v) is 10.1. The highest BCUT2D eigenvalue weighted by atomic mass is 32.1. The molecule has 0 spiro atoms. The number of hydrogen-bond donors (Lipinski definition) is 2. The van der Waals surface area contributed by atoms with Crippen LogP contribution >= 0.6 is 11.3 Å². The van der Waals surface area contributed by atoms with Gasteiger partial charge in [-0.15, -0.1) is 0 Å². The zero-order valence-corrected chi connectivity index (χ0v) is 16.0. The molecule has 0 radical (unpaired) electrons. The quantitative estimate of drug-likeness (QED) is 0.829. The molecule has 2 aromatic rings. The van der Waals surface area contributed by atoms with Crippen molar-refractivity contribution in [3.8, 4) is 10.8 Å². The molecule has 2 atom stereocenters. The number of carbonyl (C=O) groups excluding carboxylic acids is 2. The summed E-state index contributed by atoms with van der Waals surface area (Å²) in [4.78, 5) is 26.9. The summed E-state index contributed by atoms with van der Waals surface area (Å²) < 4.78 is 5.78. The second-order valence-corrected chi connectivity index (χ2v) is 8.27. The summed E-state index contributed by atoms with van der Waals surface area (Å²) >= 11 is 1.32. The third-order valence-corrected chi connectivity index (χ3v) is 6.60. The molecule has 1 aromatic carbocycles. The largest absolute Gasteiger partial charge is 0.447 e. The van der Waals surface area contributed by atoms with Gasteiger partial charge < -0.3 is 15.8 Å². The lowest BCUT2D eigenvalue weighted by molar-refractivity contribution is 0.0218. The fourth-order valence-corrected chi connectivity index (χ4v) is 4.85. The molecule has 2 amide bonds. The third-order valence-electron chi connectivity index (χ3n) is 5.64. The molecule has 7 heteroatoms. The summed E-state index contributed by atoms with van der Waals surface area (Å²) in [6.07, 6.45) is 2.32. The predicted molar refractivity (Wildman–Crippen MR) is 104 cm³/mol. The van der Waals surface area contributed by atoms with Gasteiger partial charge in [-0.3, -0.25) is 14.5 Å². The maximum absolute atomic E-state index is 12.7. The molecule has 1 aromatic heterocycles. The fourth-order valence-electron chi connectivity index (χ4n) is 4.07. The first-order valence-electron chi connectivity index (χ1n) is 9.24. The van der Waals surface area contributed by atoms with Gasteiger partial charge in [0.05, 0.1) is 4.88 Å². The molecule has 5 rings (SSSR count). The first kappa shape index (κ1) is 18.0. The van der Waals surface area contributed by atoms with Crippen molar-refractivity contribution in [2.45, 2.75) is 31.8 Å². The molecule has 2 bridgehead atoms. The van der Waals surface area contributed by atoms with Crippen molar-refractivity contribution in [3.63, 3.8) is 0 Å². The molecule has 3 saturated heterocycles. The topological polar surface area (TPSA) is 84.7 Å². The summed E-state index contributed by atoms with van der Waals surface area (Å²) in [5, 5.41) is 3.87. The van der Waals surface area contributed by atoms with Crippen LogP contribution in [0.4, 0.5) is 0 Å². The third kappa shape index (κ3) is 3.70. The minimum Gasteiger partial charge on any atom is -0.447 e. The van der Waals surface area contributed by atoms with E-state index < -0.39 is 5.91 Å². The maximum atomic E-state index is 12.7. The Morgan fingerprint density at radius 2 is 1.85 bits per heavy atom. The number of fused-ring (bicyclic) bond motifs is 3. The Bertz CT molecular complexity index is 838. The number of ether oxygens (including phenoxy) is 1. The van der Waals surface area contributed by atoms with E-state index in [0.29, 0.717) is 33.2 Å². The minimum absolute atomic E-state index is 0.0375. The van der Waals surface area contributed by atoms with Crippen LogP contribution < -0.4 is 15.8 Å². The highest BCUT2D eigenvalue weighted by molar-refractivity contribution is 7.15. The van der Waals surface area contributed by atoms with Gasteiger partial charge in [0.1, 0.15) is 5.75 Å². The Kier molecular flexibility index (Phi) is 4.88. The molecule has 3 N–H and O–H groups in total. The van der Waals surface area contributed by atoms with Crippen molar-refractivity contribution < 1.29 is 14.3 Å². The van der Waals surface area contributed by atoms with Gasteiger partial charge in [0.25, 0.3) is 5.91 Å². The lowest BCUT2D eigenvalue weighted by Crippen LogP contribution is -2.62. The molecule has 3 aliphatic rings. The number of rotatable bonds is 5. The van der Waals surface area contributed by atoms with Gasteiger partial charge in [-0.1, -0.05) is 11.3 Å². The van der Waals surface area contributed by atoms with Gasteiger partial charge in [0, 0.05) is 17.6 Å². The molecule has 0 saturated carbocycles. The summed E-state index contributed by atoms with van der Waals surface area (Å²) in [7, 11) is 0. The van der Waals surface area contributed by atoms with E-state index in [9.17, 15) is 9.59 Å². The van der Waals surface area contributed by atoms with E-state index in [1.807, 2.05) is 0 Å². The van der Waals surface area contributed by atoms with Crippen molar-refractivity contribution in [1.82, 2.24) is 10.2 Å². The van der Waals surface area contributed by atoms with Crippen LogP contribution in [-0.4, -0.2) is 41.9 Å². The molecule has 27 heavy (non-hydrogen) atoms. The highest BCUT2D eigenvalue weighted by Crippen LogP contribution is 2.33. The van der Waals surface area contributed by atoms with Crippen LogP contribution in [0.3, 0.4) is 0 Å². The zero-order chi connectivity index (χ0) is 19.0. The number of hydrogen-bond acceptors (Lipinski definition) is 5. The lowest BCUT2D eigenvalue weighted by Gasteiger charge is -2.49. The summed E-state index contributed by atoms with van der Waals surface area (Å²) in [5.74, 6) is 0.663. The van der Waals surface area contributed by atoms with Gasteiger partial charge in [0.15, 0.2) is 5.06 Å². The second kappa shape index (κ2) is 7.32. The van der Waals surface area contributed by atoms with Gasteiger partial charge in [-0.25, -0.2) is 0 Å². The maximum Gasteiger partial charge on any atom is 0.261 e. The Balaban J connectivity index is 1.40. The monoisotopic (exact) mass is 385 g/mol. The number of nitrogens with zero attached hydrogens (tertiary/aromatic N) is 1. The van der Waals surface area contributed by atoms with Crippen LogP contribution in [0.25, 0.3) is 0 Å². The van der Waals surface area contributed by atoms with Gasteiger partial charge >= 0.3 is 0 Å². The Morgan fingerprint density at radius 1 is 1.15 bits per heavy atom. The van der Waals surface area contributed by atoms with E-state index in [-0.39, 0.29) is 11.9 Å². The molecule has 3 aliphatic heterocycles.